The number of hydrogen-bond acceptors (Lipinski definition) is 2. The number of halogens is 1. The maximum absolute atomic E-state index is 13.4. The molecule has 0 spiro atoms. The van der Waals surface area contributed by atoms with Crippen molar-refractivity contribution in [1.82, 2.24) is 4.90 Å². The van der Waals surface area contributed by atoms with Crippen molar-refractivity contribution in [3.8, 4) is 0 Å². The summed E-state index contributed by atoms with van der Waals surface area (Å²) < 4.78 is 18.4. The van der Waals surface area contributed by atoms with Crippen LogP contribution in [0.2, 0.25) is 0 Å². The van der Waals surface area contributed by atoms with Gasteiger partial charge in [-0.15, -0.1) is 0 Å². The minimum Gasteiger partial charge on any atom is -0.372 e. The summed E-state index contributed by atoms with van der Waals surface area (Å²) in [5, 5.41) is 0. The Morgan fingerprint density at radius 3 is 2.88 bits per heavy atom. The van der Waals surface area contributed by atoms with Crippen molar-refractivity contribution in [3.05, 3.63) is 35.1 Å². The number of carbonyl (C=O) groups is 1. The maximum Gasteiger partial charge on any atom is 0.251 e. The zero-order chi connectivity index (χ0) is 11.7. The molecule has 86 valence electrons. The molecular weight excluding hydrogens is 209 g/mol. The zero-order valence-corrected chi connectivity index (χ0v) is 9.37. The summed E-state index contributed by atoms with van der Waals surface area (Å²) in [5.74, 6) is -0.337. The second-order valence-electron chi connectivity index (χ2n) is 3.95. The molecule has 1 aromatic rings. The predicted octanol–water partition coefficient (Wildman–Crippen LogP) is 1.70. The van der Waals surface area contributed by atoms with Gasteiger partial charge in [0, 0.05) is 25.8 Å². The molecule has 1 heterocycles. The van der Waals surface area contributed by atoms with E-state index in [9.17, 15) is 9.18 Å². The Morgan fingerprint density at radius 2 is 2.25 bits per heavy atom. The van der Waals surface area contributed by atoms with Crippen molar-refractivity contribution in [2.45, 2.75) is 26.1 Å². The SMILES string of the molecule is COC(C)C(=O)N1Cc2cccc(F)c2C1. The number of amides is 1. The summed E-state index contributed by atoms with van der Waals surface area (Å²) >= 11 is 0. The van der Waals surface area contributed by atoms with Crippen LogP contribution in [0.5, 0.6) is 0 Å². The highest BCUT2D eigenvalue weighted by molar-refractivity contribution is 5.81. The largest absolute Gasteiger partial charge is 0.372 e. The fourth-order valence-corrected chi connectivity index (χ4v) is 1.89. The molecule has 1 aromatic carbocycles. The maximum atomic E-state index is 13.4. The minimum absolute atomic E-state index is 0.0990. The molecule has 4 heteroatoms. The lowest BCUT2D eigenvalue weighted by atomic mass is 10.1. The van der Waals surface area contributed by atoms with E-state index in [4.69, 9.17) is 4.74 Å². The highest BCUT2D eigenvalue weighted by Gasteiger charge is 2.28. The second-order valence-corrected chi connectivity index (χ2v) is 3.95. The molecule has 1 atom stereocenters. The van der Waals surface area contributed by atoms with Gasteiger partial charge >= 0.3 is 0 Å². The van der Waals surface area contributed by atoms with Crippen molar-refractivity contribution in [3.63, 3.8) is 0 Å². The fourth-order valence-electron chi connectivity index (χ4n) is 1.89. The van der Waals surface area contributed by atoms with Crippen LogP contribution in [0.25, 0.3) is 0 Å². The van der Waals surface area contributed by atoms with Gasteiger partial charge in [0.05, 0.1) is 0 Å². The van der Waals surface area contributed by atoms with Crippen molar-refractivity contribution < 1.29 is 13.9 Å². The van der Waals surface area contributed by atoms with Crippen LogP contribution in [0.3, 0.4) is 0 Å². The molecule has 0 N–H and O–H groups in total. The Kier molecular flexibility index (Phi) is 2.92. The summed E-state index contributed by atoms with van der Waals surface area (Å²) in [6, 6.07) is 4.94. The second kappa shape index (κ2) is 4.22. The monoisotopic (exact) mass is 223 g/mol. The van der Waals surface area contributed by atoms with Gasteiger partial charge in [0.1, 0.15) is 11.9 Å². The third-order valence-electron chi connectivity index (χ3n) is 2.94. The van der Waals surface area contributed by atoms with Gasteiger partial charge in [0.25, 0.3) is 5.91 Å². The molecule has 0 fully saturated rings. The summed E-state index contributed by atoms with van der Waals surface area (Å²) in [5.41, 5.74) is 1.51. The van der Waals surface area contributed by atoms with Gasteiger partial charge in [-0.25, -0.2) is 4.39 Å². The van der Waals surface area contributed by atoms with E-state index >= 15 is 0 Å². The van der Waals surface area contributed by atoms with E-state index < -0.39 is 6.10 Å². The summed E-state index contributed by atoms with van der Waals surface area (Å²) in [6.07, 6.45) is -0.475. The van der Waals surface area contributed by atoms with E-state index in [0.29, 0.717) is 18.7 Å². The number of methoxy groups -OCH3 is 1. The van der Waals surface area contributed by atoms with Crippen molar-refractivity contribution >= 4 is 5.91 Å². The molecule has 3 nitrogen and oxygen atoms in total. The van der Waals surface area contributed by atoms with Gasteiger partial charge < -0.3 is 9.64 Å². The van der Waals surface area contributed by atoms with Crippen molar-refractivity contribution in [1.29, 1.82) is 0 Å². The Balaban J connectivity index is 2.17. The number of rotatable bonds is 2. The number of ether oxygens (including phenoxy) is 1. The normalized spacial score (nSPS) is 16.1. The third-order valence-corrected chi connectivity index (χ3v) is 2.94. The van der Waals surface area contributed by atoms with Crippen LogP contribution in [0.1, 0.15) is 18.1 Å². The standard InChI is InChI=1S/C12H14FNO2/c1-8(16-2)12(15)14-6-9-4-3-5-11(13)10(9)7-14/h3-5,8H,6-7H2,1-2H3. The summed E-state index contributed by atoms with van der Waals surface area (Å²) in [4.78, 5) is 13.4. The number of nitrogens with zero attached hydrogens (tertiary/aromatic N) is 1. The predicted molar refractivity (Wildman–Crippen MR) is 57.1 cm³/mol. The fraction of sp³-hybridized carbons (Fsp3) is 0.417. The first-order valence-corrected chi connectivity index (χ1v) is 5.21. The lowest BCUT2D eigenvalue weighted by molar-refractivity contribution is -0.141. The Morgan fingerprint density at radius 1 is 1.50 bits per heavy atom. The molecule has 0 radical (unpaired) electrons. The molecule has 16 heavy (non-hydrogen) atoms. The van der Waals surface area contributed by atoms with Crippen LogP contribution >= 0.6 is 0 Å². The van der Waals surface area contributed by atoms with E-state index in [-0.39, 0.29) is 11.7 Å². The van der Waals surface area contributed by atoms with Crippen molar-refractivity contribution in [2.75, 3.05) is 7.11 Å². The first-order valence-electron chi connectivity index (χ1n) is 5.21. The molecule has 1 aliphatic rings. The van der Waals surface area contributed by atoms with Crippen LogP contribution in [-0.4, -0.2) is 24.0 Å². The lowest BCUT2D eigenvalue weighted by Gasteiger charge is -2.19. The number of benzene rings is 1. The van der Waals surface area contributed by atoms with Crippen LogP contribution in [0.15, 0.2) is 18.2 Å². The molecule has 1 aliphatic heterocycles. The number of hydrogen-bond donors (Lipinski definition) is 0. The number of carbonyl (C=O) groups excluding carboxylic acids is 1. The first-order chi connectivity index (χ1) is 7.63. The van der Waals surface area contributed by atoms with E-state index in [1.807, 2.05) is 6.07 Å². The first kappa shape index (κ1) is 11.1. The molecule has 1 unspecified atom stereocenters. The van der Waals surface area contributed by atoms with E-state index in [2.05, 4.69) is 0 Å². The van der Waals surface area contributed by atoms with E-state index in [0.717, 1.165) is 5.56 Å². The Hall–Kier alpha value is -1.42. The molecule has 0 saturated carbocycles. The van der Waals surface area contributed by atoms with Gasteiger partial charge in [0.15, 0.2) is 0 Å². The zero-order valence-electron chi connectivity index (χ0n) is 9.37. The summed E-state index contributed by atoms with van der Waals surface area (Å²) in [7, 11) is 1.49. The highest BCUT2D eigenvalue weighted by Crippen LogP contribution is 2.25. The molecule has 1 amide bonds. The minimum atomic E-state index is -0.475. The van der Waals surface area contributed by atoms with Crippen molar-refractivity contribution in [2.24, 2.45) is 0 Å². The Bertz CT molecular complexity index is 419. The Labute approximate surface area is 93.8 Å². The van der Waals surface area contributed by atoms with E-state index in [1.165, 1.54) is 13.2 Å². The summed E-state index contributed by atoms with van der Waals surface area (Å²) in [6.45, 7) is 2.51. The highest BCUT2D eigenvalue weighted by atomic mass is 19.1. The average molecular weight is 223 g/mol. The quantitative estimate of drug-likeness (QED) is 0.763. The van der Waals surface area contributed by atoms with Crippen LogP contribution < -0.4 is 0 Å². The molecule has 0 aromatic heterocycles. The molecule has 2 rings (SSSR count). The molecule has 0 aliphatic carbocycles. The molecule has 0 bridgehead atoms. The number of fused-ring (bicyclic) bond motifs is 1. The van der Waals surface area contributed by atoms with Gasteiger partial charge in [-0.1, -0.05) is 12.1 Å². The van der Waals surface area contributed by atoms with Crippen LogP contribution in [0.4, 0.5) is 4.39 Å². The van der Waals surface area contributed by atoms with Gasteiger partial charge in [-0.05, 0) is 18.6 Å². The van der Waals surface area contributed by atoms with Gasteiger partial charge in [0.2, 0.25) is 0 Å². The third kappa shape index (κ3) is 1.80. The van der Waals surface area contributed by atoms with E-state index in [1.54, 1.807) is 17.9 Å². The average Bonchev–Trinajstić information content (AvgIpc) is 2.72. The van der Waals surface area contributed by atoms with Crippen LogP contribution in [-0.2, 0) is 22.6 Å². The molecule has 0 saturated heterocycles. The topological polar surface area (TPSA) is 29.5 Å². The van der Waals surface area contributed by atoms with Gasteiger partial charge in [-0.2, -0.15) is 0 Å². The lowest BCUT2D eigenvalue weighted by Crippen LogP contribution is -2.34. The van der Waals surface area contributed by atoms with Crippen LogP contribution in [0, 0.1) is 5.82 Å². The smallest absolute Gasteiger partial charge is 0.251 e. The van der Waals surface area contributed by atoms with Gasteiger partial charge in [-0.3, -0.25) is 4.79 Å². The molecular formula is C12H14FNO2.